The normalized spacial score (nSPS) is 12.9. The average molecular weight is 348 g/mol. The number of carbonyl (C=O) groups excluding carboxylic acids is 2. The maximum Gasteiger partial charge on any atom is 0.407 e. The SMILES string of the molecule is CC(CNC(=O)OC(C)(C)CNC(=O)OC(C)(C)C)OCC(=O)O. The van der Waals surface area contributed by atoms with Crippen LogP contribution < -0.4 is 10.6 Å². The molecular formula is C15H28N2O7. The van der Waals surface area contributed by atoms with Crippen molar-refractivity contribution in [1.82, 2.24) is 10.6 Å². The van der Waals surface area contributed by atoms with E-state index < -0.39 is 42.1 Å². The van der Waals surface area contributed by atoms with Gasteiger partial charge in [-0.05, 0) is 41.5 Å². The number of alkyl carbamates (subject to hydrolysis) is 2. The monoisotopic (exact) mass is 348 g/mol. The highest BCUT2D eigenvalue weighted by molar-refractivity contribution is 5.69. The smallest absolute Gasteiger partial charge is 0.407 e. The van der Waals surface area contributed by atoms with Gasteiger partial charge in [-0.25, -0.2) is 14.4 Å². The lowest BCUT2D eigenvalue weighted by Gasteiger charge is -2.27. The van der Waals surface area contributed by atoms with E-state index in [1.807, 2.05) is 0 Å². The molecule has 0 bridgehead atoms. The van der Waals surface area contributed by atoms with Crippen molar-refractivity contribution in [3.05, 3.63) is 0 Å². The number of carboxylic acids is 1. The van der Waals surface area contributed by atoms with Crippen molar-refractivity contribution < 1.29 is 33.7 Å². The first-order valence-electron chi connectivity index (χ1n) is 7.58. The lowest BCUT2D eigenvalue weighted by atomic mass is 10.1. The van der Waals surface area contributed by atoms with Crippen LogP contribution in [0.3, 0.4) is 0 Å². The van der Waals surface area contributed by atoms with E-state index in [-0.39, 0.29) is 13.1 Å². The fourth-order valence-electron chi connectivity index (χ4n) is 1.42. The largest absolute Gasteiger partial charge is 0.480 e. The highest BCUT2D eigenvalue weighted by Crippen LogP contribution is 2.10. The number of amides is 2. The minimum Gasteiger partial charge on any atom is -0.480 e. The van der Waals surface area contributed by atoms with E-state index in [9.17, 15) is 14.4 Å². The van der Waals surface area contributed by atoms with Gasteiger partial charge in [0.15, 0.2) is 0 Å². The van der Waals surface area contributed by atoms with Crippen molar-refractivity contribution >= 4 is 18.2 Å². The maximum atomic E-state index is 11.7. The highest BCUT2D eigenvalue weighted by atomic mass is 16.6. The van der Waals surface area contributed by atoms with E-state index in [1.165, 1.54) is 0 Å². The van der Waals surface area contributed by atoms with Crippen molar-refractivity contribution in [3.8, 4) is 0 Å². The summed E-state index contributed by atoms with van der Waals surface area (Å²) in [6.45, 7) is 9.85. The third-order valence-corrected chi connectivity index (χ3v) is 2.45. The Morgan fingerprint density at radius 3 is 2.04 bits per heavy atom. The van der Waals surface area contributed by atoms with Crippen LogP contribution in [0.4, 0.5) is 9.59 Å². The molecule has 0 aromatic heterocycles. The van der Waals surface area contributed by atoms with E-state index in [0.717, 1.165) is 0 Å². The molecule has 3 N–H and O–H groups in total. The molecule has 140 valence electrons. The minimum absolute atomic E-state index is 0.0698. The second kappa shape index (κ2) is 9.31. The molecule has 0 heterocycles. The van der Waals surface area contributed by atoms with Crippen LogP contribution >= 0.6 is 0 Å². The Balaban J connectivity index is 4.13. The number of rotatable bonds is 8. The van der Waals surface area contributed by atoms with Crippen molar-refractivity contribution in [2.24, 2.45) is 0 Å². The summed E-state index contributed by atoms with van der Waals surface area (Å²) in [6.07, 6.45) is -1.77. The third-order valence-electron chi connectivity index (χ3n) is 2.45. The molecular weight excluding hydrogens is 320 g/mol. The zero-order chi connectivity index (χ0) is 19.0. The Kier molecular flexibility index (Phi) is 8.52. The van der Waals surface area contributed by atoms with Gasteiger partial charge in [-0.3, -0.25) is 0 Å². The van der Waals surface area contributed by atoms with Gasteiger partial charge in [0.05, 0.1) is 12.6 Å². The van der Waals surface area contributed by atoms with Gasteiger partial charge in [0, 0.05) is 6.54 Å². The second-order valence-corrected chi connectivity index (χ2v) is 6.90. The number of carbonyl (C=O) groups is 3. The molecule has 0 aromatic carbocycles. The van der Waals surface area contributed by atoms with Gasteiger partial charge in [-0.2, -0.15) is 0 Å². The third kappa shape index (κ3) is 12.5. The molecule has 2 amide bonds. The topological polar surface area (TPSA) is 123 Å². The van der Waals surface area contributed by atoms with Gasteiger partial charge < -0.3 is 30.0 Å². The Hall–Kier alpha value is -2.03. The van der Waals surface area contributed by atoms with Crippen LogP contribution in [0.2, 0.25) is 0 Å². The Morgan fingerprint density at radius 2 is 1.54 bits per heavy atom. The Labute approximate surface area is 142 Å². The first-order chi connectivity index (χ1) is 10.8. The summed E-state index contributed by atoms with van der Waals surface area (Å²) in [6, 6.07) is 0. The van der Waals surface area contributed by atoms with E-state index in [0.29, 0.717) is 0 Å². The van der Waals surface area contributed by atoms with Crippen molar-refractivity contribution in [3.63, 3.8) is 0 Å². The van der Waals surface area contributed by atoms with Crippen LogP contribution in [-0.4, -0.2) is 60.3 Å². The van der Waals surface area contributed by atoms with Crippen LogP contribution in [0.15, 0.2) is 0 Å². The molecule has 0 aromatic rings. The van der Waals surface area contributed by atoms with Crippen LogP contribution in [0.1, 0.15) is 41.5 Å². The van der Waals surface area contributed by atoms with E-state index in [2.05, 4.69) is 10.6 Å². The van der Waals surface area contributed by atoms with Crippen LogP contribution in [-0.2, 0) is 19.0 Å². The predicted molar refractivity (Wildman–Crippen MR) is 85.8 cm³/mol. The van der Waals surface area contributed by atoms with Crippen molar-refractivity contribution in [2.75, 3.05) is 19.7 Å². The average Bonchev–Trinajstić information content (AvgIpc) is 2.38. The van der Waals surface area contributed by atoms with E-state index in [1.54, 1.807) is 41.5 Å². The molecule has 0 aliphatic carbocycles. The molecule has 0 aliphatic heterocycles. The Morgan fingerprint density at radius 1 is 1.00 bits per heavy atom. The molecule has 9 heteroatoms. The van der Waals surface area contributed by atoms with E-state index >= 15 is 0 Å². The standard InChI is InChI=1S/C15H28N2O7/c1-10(22-8-11(18)19)7-16-12(20)24-15(5,6)9-17-13(21)23-14(2,3)4/h10H,7-9H2,1-6H3,(H,16,20)(H,17,21)(H,18,19). The molecule has 0 saturated heterocycles. The summed E-state index contributed by atoms with van der Waals surface area (Å²) in [4.78, 5) is 33.7. The number of ether oxygens (including phenoxy) is 3. The molecule has 1 atom stereocenters. The lowest BCUT2D eigenvalue weighted by Crippen LogP contribution is -2.46. The summed E-state index contributed by atoms with van der Waals surface area (Å²) in [5, 5.41) is 13.5. The lowest BCUT2D eigenvalue weighted by molar-refractivity contribution is -0.143. The maximum absolute atomic E-state index is 11.7. The molecule has 0 rings (SSSR count). The van der Waals surface area contributed by atoms with Crippen molar-refractivity contribution in [2.45, 2.75) is 58.8 Å². The summed E-state index contributed by atoms with van der Waals surface area (Å²) < 4.78 is 15.3. The van der Waals surface area contributed by atoms with Gasteiger partial charge in [-0.15, -0.1) is 0 Å². The zero-order valence-corrected chi connectivity index (χ0v) is 15.1. The molecule has 0 saturated carbocycles. The molecule has 0 aliphatic rings. The highest BCUT2D eigenvalue weighted by Gasteiger charge is 2.25. The van der Waals surface area contributed by atoms with E-state index in [4.69, 9.17) is 19.3 Å². The fraction of sp³-hybridized carbons (Fsp3) is 0.800. The molecule has 0 fully saturated rings. The Bertz CT molecular complexity index is 444. The number of hydrogen-bond acceptors (Lipinski definition) is 6. The van der Waals surface area contributed by atoms with Crippen LogP contribution in [0.5, 0.6) is 0 Å². The number of nitrogens with one attached hydrogen (secondary N) is 2. The van der Waals surface area contributed by atoms with Gasteiger partial charge in [0.25, 0.3) is 0 Å². The quantitative estimate of drug-likeness (QED) is 0.607. The zero-order valence-electron chi connectivity index (χ0n) is 15.1. The van der Waals surface area contributed by atoms with Gasteiger partial charge in [-0.1, -0.05) is 0 Å². The number of aliphatic carboxylic acids is 1. The first-order valence-corrected chi connectivity index (χ1v) is 7.58. The molecule has 24 heavy (non-hydrogen) atoms. The van der Waals surface area contributed by atoms with Gasteiger partial charge in [0.1, 0.15) is 17.8 Å². The predicted octanol–water partition coefficient (Wildman–Crippen LogP) is 1.51. The minimum atomic E-state index is -1.08. The van der Waals surface area contributed by atoms with Gasteiger partial charge in [0.2, 0.25) is 0 Å². The second-order valence-electron chi connectivity index (χ2n) is 6.90. The molecule has 0 radical (unpaired) electrons. The first kappa shape index (κ1) is 22.0. The number of carboxylic acid groups (broad SMARTS) is 1. The fourth-order valence-corrected chi connectivity index (χ4v) is 1.42. The summed E-state index contributed by atoms with van der Waals surface area (Å²) >= 11 is 0. The van der Waals surface area contributed by atoms with Crippen LogP contribution in [0, 0.1) is 0 Å². The van der Waals surface area contributed by atoms with Crippen LogP contribution in [0.25, 0.3) is 0 Å². The molecule has 1 unspecified atom stereocenters. The molecule has 0 spiro atoms. The summed E-state index contributed by atoms with van der Waals surface area (Å²) in [5.41, 5.74) is -1.56. The molecule has 9 nitrogen and oxygen atoms in total. The van der Waals surface area contributed by atoms with Crippen molar-refractivity contribution in [1.29, 1.82) is 0 Å². The summed E-state index contributed by atoms with van der Waals surface area (Å²) in [7, 11) is 0. The van der Waals surface area contributed by atoms with Gasteiger partial charge >= 0.3 is 18.2 Å². The summed E-state index contributed by atoms with van der Waals surface area (Å²) in [5.74, 6) is -1.08. The number of hydrogen-bond donors (Lipinski definition) is 3.